The minimum atomic E-state index is -0.288. The molecule has 0 saturated carbocycles. The number of rotatable bonds is 5. The van der Waals surface area contributed by atoms with Gasteiger partial charge in [-0.25, -0.2) is 15.7 Å². The van der Waals surface area contributed by atoms with Gasteiger partial charge in [0.25, 0.3) is 0 Å². The molecule has 0 radical (unpaired) electrons. The lowest BCUT2D eigenvalue weighted by molar-refractivity contribution is -0.122. The Labute approximate surface area is 125 Å². The number of nitrogens with zero attached hydrogens (tertiary/aromatic N) is 2. The molecule has 0 saturated heterocycles. The Morgan fingerprint density at radius 1 is 1.48 bits per heavy atom. The number of benzene rings is 1. The zero-order valence-corrected chi connectivity index (χ0v) is 12.6. The Hall–Kier alpha value is -2.06. The van der Waals surface area contributed by atoms with Crippen LogP contribution in [-0.4, -0.2) is 20.7 Å². The van der Waals surface area contributed by atoms with Crippen molar-refractivity contribution >= 4 is 17.7 Å². The fourth-order valence-electron chi connectivity index (χ4n) is 1.79. The van der Waals surface area contributed by atoms with Gasteiger partial charge in [-0.05, 0) is 18.1 Å². The van der Waals surface area contributed by atoms with E-state index in [-0.39, 0.29) is 17.5 Å². The van der Waals surface area contributed by atoms with E-state index in [0.29, 0.717) is 10.9 Å². The molecule has 7 nitrogen and oxygen atoms in total. The summed E-state index contributed by atoms with van der Waals surface area (Å²) in [4.78, 5) is 22.7. The van der Waals surface area contributed by atoms with Crippen LogP contribution in [-0.2, 0) is 17.6 Å². The largest absolute Gasteiger partial charge is 0.343 e. The summed E-state index contributed by atoms with van der Waals surface area (Å²) in [7, 11) is 1.67. The number of aromatic amines is 1. The minimum Gasteiger partial charge on any atom is -0.294 e. The average molecular weight is 307 g/mol. The number of aromatic nitrogens is 3. The van der Waals surface area contributed by atoms with Crippen molar-refractivity contribution in [3.05, 3.63) is 45.9 Å². The molecule has 0 spiro atoms. The highest BCUT2D eigenvalue weighted by Crippen LogP contribution is 2.21. The highest BCUT2D eigenvalue weighted by atomic mass is 32.2. The van der Waals surface area contributed by atoms with Crippen molar-refractivity contribution in [2.24, 2.45) is 12.9 Å². The molecule has 1 atom stereocenters. The summed E-state index contributed by atoms with van der Waals surface area (Å²) in [6.07, 6.45) is 0. The number of carbonyl (C=O) groups excluding carboxylic acids is 1. The monoisotopic (exact) mass is 307 g/mol. The van der Waals surface area contributed by atoms with Crippen LogP contribution in [0, 0.1) is 0 Å². The molecule has 0 aliphatic heterocycles. The number of amides is 1. The third-order valence-electron chi connectivity index (χ3n) is 3.22. The van der Waals surface area contributed by atoms with Crippen LogP contribution in [0.1, 0.15) is 24.0 Å². The number of H-pyrrole nitrogens is 1. The highest BCUT2D eigenvalue weighted by molar-refractivity contribution is 7.98. The van der Waals surface area contributed by atoms with E-state index in [2.05, 4.69) is 15.6 Å². The predicted molar refractivity (Wildman–Crippen MR) is 80.6 cm³/mol. The number of nitrogens with one attached hydrogen (secondary N) is 2. The van der Waals surface area contributed by atoms with Crippen molar-refractivity contribution in [1.29, 1.82) is 0 Å². The lowest BCUT2D eigenvalue weighted by atomic mass is 10.00. The van der Waals surface area contributed by atoms with E-state index in [9.17, 15) is 9.59 Å². The molecule has 0 aliphatic carbocycles. The van der Waals surface area contributed by atoms with E-state index in [0.717, 1.165) is 11.1 Å². The molecule has 112 valence electrons. The first-order chi connectivity index (χ1) is 10.0. The van der Waals surface area contributed by atoms with Gasteiger partial charge in [-0.3, -0.25) is 14.8 Å². The Balaban J connectivity index is 2.01. The van der Waals surface area contributed by atoms with E-state index in [4.69, 9.17) is 5.84 Å². The maximum Gasteiger partial charge on any atom is 0.343 e. The summed E-state index contributed by atoms with van der Waals surface area (Å²) in [6.45, 7) is 1.80. The van der Waals surface area contributed by atoms with Crippen molar-refractivity contribution in [3.63, 3.8) is 0 Å². The molecule has 1 aromatic carbocycles. The second kappa shape index (κ2) is 6.59. The first-order valence-electron chi connectivity index (χ1n) is 6.36. The van der Waals surface area contributed by atoms with Crippen molar-refractivity contribution in [3.8, 4) is 0 Å². The molecular formula is C13H17N5O2S. The van der Waals surface area contributed by atoms with Crippen molar-refractivity contribution in [2.45, 2.75) is 23.8 Å². The topological polar surface area (TPSA) is 106 Å². The van der Waals surface area contributed by atoms with Gasteiger partial charge in [-0.2, -0.15) is 0 Å². The smallest absolute Gasteiger partial charge is 0.294 e. The molecule has 0 aliphatic rings. The van der Waals surface area contributed by atoms with Crippen LogP contribution < -0.4 is 17.0 Å². The Kier molecular flexibility index (Phi) is 4.81. The maximum atomic E-state index is 11.5. The van der Waals surface area contributed by atoms with Gasteiger partial charge in [0.15, 0.2) is 5.16 Å². The highest BCUT2D eigenvalue weighted by Gasteiger charge is 2.13. The van der Waals surface area contributed by atoms with Gasteiger partial charge in [-0.1, -0.05) is 36.0 Å². The molecular weight excluding hydrogens is 290 g/mol. The van der Waals surface area contributed by atoms with E-state index < -0.39 is 0 Å². The van der Waals surface area contributed by atoms with Gasteiger partial charge in [-0.15, -0.1) is 5.10 Å². The normalized spacial score (nSPS) is 12.1. The van der Waals surface area contributed by atoms with Gasteiger partial charge in [0.2, 0.25) is 5.91 Å². The van der Waals surface area contributed by atoms with Gasteiger partial charge in [0.1, 0.15) is 0 Å². The fraction of sp³-hybridized carbons (Fsp3) is 0.308. The standard InChI is InChI=1S/C13H17N5O2S/c1-8(11(19)15-14)10-5-3-9(4-6-10)7-21-13-17-16-12(20)18(13)2/h3-6,8H,7,14H2,1-2H3,(H,15,19)(H,16,20). The first-order valence-corrected chi connectivity index (χ1v) is 7.35. The second-order valence-corrected chi connectivity index (χ2v) is 5.57. The molecule has 1 heterocycles. The number of hydrazine groups is 1. The van der Waals surface area contributed by atoms with Crippen molar-refractivity contribution in [1.82, 2.24) is 20.2 Å². The third-order valence-corrected chi connectivity index (χ3v) is 4.32. The van der Waals surface area contributed by atoms with Crippen molar-refractivity contribution < 1.29 is 4.79 Å². The van der Waals surface area contributed by atoms with Crippen LogP contribution in [0.25, 0.3) is 0 Å². The molecule has 2 rings (SSSR count). The van der Waals surface area contributed by atoms with Gasteiger partial charge in [0, 0.05) is 12.8 Å². The second-order valence-electron chi connectivity index (χ2n) is 4.63. The number of hydrogen-bond donors (Lipinski definition) is 3. The summed E-state index contributed by atoms with van der Waals surface area (Å²) in [5, 5.41) is 6.97. The summed E-state index contributed by atoms with van der Waals surface area (Å²) in [5.74, 6) is 5.31. The molecule has 2 aromatic rings. The Bertz CT molecular complexity index is 677. The maximum absolute atomic E-state index is 11.5. The first kappa shape index (κ1) is 15.3. The van der Waals surface area contributed by atoms with E-state index in [1.807, 2.05) is 24.3 Å². The molecule has 1 aromatic heterocycles. The number of carbonyl (C=O) groups is 1. The fourth-order valence-corrected chi connectivity index (χ4v) is 2.66. The number of nitrogens with two attached hydrogens (primary N) is 1. The van der Waals surface area contributed by atoms with E-state index in [1.165, 1.54) is 16.3 Å². The van der Waals surface area contributed by atoms with Crippen LogP contribution in [0.15, 0.2) is 34.2 Å². The lowest BCUT2D eigenvalue weighted by Gasteiger charge is -2.10. The summed E-state index contributed by atoms with van der Waals surface area (Å²) in [6, 6.07) is 7.71. The summed E-state index contributed by atoms with van der Waals surface area (Å²) >= 11 is 1.47. The van der Waals surface area contributed by atoms with Crippen LogP contribution in [0.5, 0.6) is 0 Å². The van der Waals surface area contributed by atoms with E-state index >= 15 is 0 Å². The molecule has 1 unspecified atom stereocenters. The third kappa shape index (κ3) is 3.53. The van der Waals surface area contributed by atoms with Crippen LogP contribution >= 0.6 is 11.8 Å². The SMILES string of the molecule is CC(C(=O)NN)c1ccc(CSc2n[nH]c(=O)n2C)cc1. The van der Waals surface area contributed by atoms with Crippen LogP contribution in [0.4, 0.5) is 0 Å². The van der Waals surface area contributed by atoms with Crippen LogP contribution in [0.2, 0.25) is 0 Å². The summed E-state index contributed by atoms with van der Waals surface area (Å²) < 4.78 is 1.46. The Morgan fingerprint density at radius 3 is 2.67 bits per heavy atom. The van der Waals surface area contributed by atoms with Gasteiger partial charge >= 0.3 is 5.69 Å². The molecule has 8 heteroatoms. The van der Waals surface area contributed by atoms with E-state index in [1.54, 1.807) is 14.0 Å². The van der Waals surface area contributed by atoms with Gasteiger partial charge in [0.05, 0.1) is 5.92 Å². The zero-order chi connectivity index (χ0) is 15.4. The summed E-state index contributed by atoms with van der Waals surface area (Å²) in [5.41, 5.74) is 3.90. The van der Waals surface area contributed by atoms with Crippen molar-refractivity contribution in [2.75, 3.05) is 0 Å². The zero-order valence-electron chi connectivity index (χ0n) is 11.8. The number of hydrogen-bond acceptors (Lipinski definition) is 5. The minimum absolute atomic E-state index is 0.219. The quantitative estimate of drug-likeness (QED) is 0.323. The molecule has 0 fully saturated rings. The molecule has 1 amide bonds. The predicted octanol–water partition coefficient (Wildman–Crippen LogP) is 0.494. The molecule has 4 N–H and O–H groups in total. The number of thioether (sulfide) groups is 1. The van der Waals surface area contributed by atoms with Gasteiger partial charge < -0.3 is 0 Å². The lowest BCUT2D eigenvalue weighted by Crippen LogP contribution is -2.33. The van der Waals surface area contributed by atoms with Crippen LogP contribution in [0.3, 0.4) is 0 Å². The molecule has 0 bridgehead atoms. The molecule has 21 heavy (non-hydrogen) atoms. The average Bonchev–Trinajstić information content (AvgIpc) is 2.83. The Morgan fingerprint density at radius 2 is 2.14 bits per heavy atom.